The van der Waals surface area contributed by atoms with Crippen LogP contribution in [0.3, 0.4) is 0 Å². The minimum atomic E-state index is 0.642. The van der Waals surface area contributed by atoms with Crippen LogP contribution in [0, 0.1) is 11.8 Å². The van der Waals surface area contributed by atoms with E-state index >= 15 is 0 Å². The third-order valence-corrected chi connectivity index (χ3v) is 4.08. The molecular weight excluding hydrogens is 234 g/mol. The summed E-state index contributed by atoms with van der Waals surface area (Å²) in [5.74, 6) is 2.46. The van der Waals surface area contributed by atoms with Gasteiger partial charge < -0.3 is 4.90 Å². The Morgan fingerprint density at radius 3 is 2.89 bits per heavy atom. The highest BCUT2D eigenvalue weighted by molar-refractivity contribution is 5.40. The fourth-order valence-electron chi connectivity index (χ4n) is 3.02. The molecule has 1 aliphatic carbocycles. The second-order valence-corrected chi connectivity index (χ2v) is 5.45. The van der Waals surface area contributed by atoms with Gasteiger partial charge in [0.25, 0.3) is 0 Å². The molecule has 0 bridgehead atoms. The van der Waals surface area contributed by atoms with Gasteiger partial charge in [0.05, 0.1) is 0 Å². The lowest BCUT2D eigenvalue weighted by molar-refractivity contribution is 0.386. The van der Waals surface area contributed by atoms with E-state index < -0.39 is 0 Å². The fraction of sp³-hybridized carbons (Fsp3) is 0.500. The van der Waals surface area contributed by atoms with Gasteiger partial charge in [-0.25, -0.2) is 9.97 Å². The molecule has 3 heteroatoms. The summed E-state index contributed by atoms with van der Waals surface area (Å²) in [7, 11) is 0. The number of anilines is 1. The highest BCUT2D eigenvalue weighted by atomic mass is 15.2. The van der Waals surface area contributed by atoms with Gasteiger partial charge in [-0.3, -0.25) is 0 Å². The first kappa shape index (κ1) is 12.4. The van der Waals surface area contributed by atoms with Gasteiger partial charge in [0, 0.05) is 30.8 Å². The summed E-state index contributed by atoms with van der Waals surface area (Å²) >= 11 is 0. The first-order valence-electron chi connectivity index (χ1n) is 7.27. The average Bonchev–Trinajstić information content (AvgIpc) is 2.47. The van der Waals surface area contributed by atoms with Crippen molar-refractivity contribution in [3.05, 3.63) is 42.4 Å². The lowest BCUT2D eigenvalue weighted by atomic mass is 9.83. The Balaban J connectivity index is 1.74. The molecule has 1 saturated heterocycles. The summed E-state index contributed by atoms with van der Waals surface area (Å²) in [6.07, 6.45) is 14.2. The van der Waals surface area contributed by atoms with Gasteiger partial charge in [-0.2, -0.15) is 0 Å². The molecule has 1 aliphatic heterocycles. The van der Waals surface area contributed by atoms with E-state index in [1.54, 1.807) is 6.33 Å². The number of hydrogen-bond acceptors (Lipinski definition) is 3. The molecular formula is C16H21N3. The predicted molar refractivity (Wildman–Crippen MR) is 78.1 cm³/mol. The third-order valence-electron chi connectivity index (χ3n) is 4.08. The van der Waals surface area contributed by atoms with Gasteiger partial charge in [0.15, 0.2) is 0 Å². The van der Waals surface area contributed by atoms with E-state index in [1.807, 2.05) is 0 Å². The Kier molecular flexibility index (Phi) is 3.62. The van der Waals surface area contributed by atoms with Crippen LogP contribution in [-0.4, -0.2) is 23.1 Å². The predicted octanol–water partition coefficient (Wildman–Crippen LogP) is 3.00. The zero-order valence-electron chi connectivity index (χ0n) is 11.5. The quantitative estimate of drug-likeness (QED) is 0.831. The van der Waals surface area contributed by atoms with Crippen molar-refractivity contribution < 1.29 is 0 Å². The molecule has 3 rings (SSSR count). The topological polar surface area (TPSA) is 29.0 Å². The molecule has 3 nitrogen and oxygen atoms in total. The Morgan fingerprint density at radius 2 is 2.05 bits per heavy atom. The lowest BCUT2D eigenvalue weighted by Gasteiger charge is -2.37. The minimum absolute atomic E-state index is 0.642. The van der Waals surface area contributed by atoms with Gasteiger partial charge in [0.1, 0.15) is 12.1 Å². The van der Waals surface area contributed by atoms with Gasteiger partial charge in [-0.05, 0) is 18.8 Å². The Morgan fingerprint density at radius 1 is 1.21 bits per heavy atom. The normalized spacial score (nSPS) is 25.4. The Labute approximate surface area is 115 Å². The summed E-state index contributed by atoms with van der Waals surface area (Å²) in [6, 6.07) is 2.16. The lowest BCUT2D eigenvalue weighted by Crippen LogP contribution is -2.40. The molecule has 0 amide bonds. The highest BCUT2D eigenvalue weighted by Gasteiger charge is 2.27. The zero-order chi connectivity index (χ0) is 13.1. The van der Waals surface area contributed by atoms with Crippen molar-refractivity contribution in [3.63, 3.8) is 0 Å². The molecule has 2 aliphatic rings. The zero-order valence-corrected chi connectivity index (χ0v) is 11.5. The molecule has 0 aromatic carbocycles. The van der Waals surface area contributed by atoms with Crippen LogP contribution in [0.4, 0.5) is 5.82 Å². The Bertz CT molecular complexity index is 493. The van der Waals surface area contributed by atoms with Crippen LogP contribution in [0.5, 0.6) is 0 Å². The van der Waals surface area contributed by atoms with Crippen LogP contribution in [0.25, 0.3) is 0 Å². The second-order valence-electron chi connectivity index (χ2n) is 5.45. The summed E-state index contributed by atoms with van der Waals surface area (Å²) < 4.78 is 0. The minimum Gasteiger partial charge on any atom is -0.356 e. The molecule has 19 heavy (non-hydrogen) atoms. The summed E-state index contributed by atoms with van der Waals surface area (Å²) in [6.45, 7) is 4.36. The molecule has 1 fully saturated rings. The fourth-order valence-corrected chi connectivity index (χ4v) is 3.02. The van der Waals surface area contributed by atoms with Crippen molar-refractivity contribution in [3.8, 4) is 0 Å². The van der Waals surface area contributed by atoms with E-state index in [9.17, 15) is 0 Å². The van der Waals surface area contributed by atoms with Crippen molar-refractivity contribution in [1.82, 2.24) is 9.97 Å². The van der Waals surface area contributed by atoms with Crippen LogP contribution in [0.2, 0.25) is 0 Å². The largest absolute Gasteiger partial charge is 0.356 e. The summed E-state index contributed by atoms with van der Waals surface area (Å²) in [5, 5.41) is 0. The van der Waals surface area contributed by atoms with Gasteiger partial charge in [-0.1, -0.05) is 37.6 Å². The van der Waals surface area contributed by atoms with Crippen molar-refractivity contribution in [1.29, 1.82) is 0 Å². The number of piperidine rings is 1. The van der Waals surface area contributed by atoms with Crippen LogP contribution in [0.1, 0.15) is 25.5 Å². The number of rotatable bonds is 3. The molecule has 1 aromatic heterocycles. The maximum Gasteiger partial charge on any atom is 0.132 e. The average molecular weight is 255 g/mol. The van der Waals surface area contributed by atoms with Crippen LogP contribution < -0.4 is 4.90 Å². The molecule has 0 N–H and O–H groups in total. The number of nitrogens with zero attached hydrogens (tertiary/aromatic N) is 3. The summed E-state index contributed by atoms with van der Waals surface area (Å²) in [5.41, 5.74) is 1.16. The van der Waals surface area contributed by atoms with Crippen molar-refractivity contribution >= 4 is 5.82 Å². The van der Waals surface area contributed by atoms with E-state index in [2.05, 4.69) is 52.2 Å². The molecule has 2 heterocycles. The molecule has 0 saturated carbocycles. The van der Waals surface area contributed by atoms with Crippen molar-refractivity contribution in [2.24, 2.45) is 11.8 Å². The first-order chi connectivity index (χ1) is 9.36. The maximum atomic E-state index is 4.46. The maximum absolute atomic E-state index is 4.46. The van der Waals surface area contributed by atoms with Gasteiger partial charge in [-0.15, -0.1) is 0 Å². The van der Waals surface area contributed by atoms with E-state index in [-0.39, 0.29) is 0 Å². The number of hydrogen-bond donors (Lipinski definition) is 0. The van der Waals surface area contributed by atoms with Crippen molar-refractivity contribution in [2.45, 2.75) is 26.2 Å². The van der Waals surface area contributed by atoms with Crippen LogP contribution in [0.15, 0.2) is 36.7 Å². The molecule has 1 aromatic rings. The van der Waals surface area contributed by atoms with E-state index in [0.29, 0.717) is 5.92 Å². The number of fused-ring (bicyclic) bond motifs is 1. The number of aromatic nitrogens is 2. The van der Waals surface area contributed by atoms with E-state index in [4.69, 9.17) is 0 Å². The van der Waals surface area contributed by atoms with Crippen LogP contribution >= 0.6 is 0 Å². The molecule has 2 atom stereocenters. The SMILES string of the molecule is CCCc1cc(N2CCC3C=CC=CC3C2)ncn1. The summed E-state index contributed by atoms with van der Waals surface area (Å²) in [4.78, 5) is 11.2. The molecule has 0 spiro atoms. The van der Waals surface area contributed by atoms with Crippen molar-refractivity contribution in [2.75, 3.05) is 18.0 Å². The monoisotopic (exact) mass is 255 g/mol. The molecule has 2 unspecified atom stereocenters. The standard InChI is InChI=1S/C16H21N3/c1-2-5-15-10-16(18-12-17-15)19-9-8-13-6-3-4-7-14(13)11-19/h3-4,6-7,10,12-14H,2,5,8-9,11H2,1H3. The van der Waals surface area contributed by atoms with Crippen LogP contribution in [-0.2, 0) is 6.42 Å². The van der Waals surface area contributed by atoms with E-state index in [0.717, 1.165) is 43.4 Å². The first-order valence-corrected chi connectivity index (χ1v) is 7.27. The Hall–Kier alpha value is -1.64. The molecule has 100 valence electrons. The van der Waals surface area contributed by atoms with Gasteiger partial charge in [0.2, 0.25) is 0 Å². The number of aryl methyl sites for hydroxylation is 1. The van der Waals surface area contributed by atoms with Gasteiger partial charge >= 0.3 is 0 Å². The van der Waals surface area contributed by atoms with E-state index in [1.165, 1.54) is 6.42 Å². The third kappa shape index (κ3) is 2.70. The second kappa shape index (κ2) is 5.55. The smallest absolute Gasteiger partial charge is 0.132 e. The number of allylic oxidation sites excluding steroid dienone is 3. The molecule has 0 radical (unpaired) electrons. The highest BCUT2D eigenvalue weighted by Crippen LogP contribution is 2.30.